The number of benzene rings is 1. The first-order valence-corrected chi connectivity index (χ1v) is 12.9. The molecule has 3 rings (SSSR count). The predicted octanol–water partition coefficient (Wildman–Crippen LogP) is 4.03. The van der Waals surface area contributed by atoms with Crippen molar-refractivity contribution in [3.63, 3.8) is 0 Å². The number of nitrogens with one attached hydrogen (secondary N) is 1. The highest BCUT2D eigenvalue weighted by molar-refractivity contribution is 7.89. The molecule has 0 amide bonds. The van der Waals surface area contributed by atoms with E-state index in [9.17, 15) is 32.2 Å². The summed E-state index contributed by atoms with van der Waals surface area (Å²) in [4.78, 5) is 18.4. The van der Waals surface area contributed by atoms with Crippen LogP contribution in [0.4, 0.5) is 13.2 Å². The Morgan fingerprint density at radius 2 is 1.94 bits per heavy atom. The van der Waals surface area contributed by atoms with Gasteiger partial charge in [0.05, 0.1) is 22.5 Å². The molecular weight excluding hydrogens is 525 g/mol. The fourth-order valence-electron chi connectivity index (χ4n) is 3.13. The van der Waals surface area contributed by atoms with Crippen LogP contribution >= 0.6 is 11.3 Å². The molecule has 1 aromatic carbocycles. The average Bonchev–Trinajstić information content (AvgIpc) is 3.38. The van der Waals surface area contributed by atoms with Crippen LogP contribution in [0.2, 0.25) is 0 Å². The second kappa shape index (κ2) is 10.2. The Morgan fingerprint density at radius 3 is 2.50 bits per heavy atom. The number of halogens is 3. The van der Waals surface area contributed by atoms with E-state index in [1.165, 1.54) is 20.8 Å². The summed E-state index contributed by atoms with van der Waals surface area (Å²) >= 11 is 0.589. The summed E-state index contributed by atoms with van der Waals surface area (Å²) in [6, 6.07) is 1.13. The second-order valence-corrected chi connectivity index (χ2v) is 11.3. The Kier molecular flexibility index (Phi) is 7.88. The van der Waals surface area contributed by atoms with Gasteiger partial charge in [-0.3, -0.25) is 0 Å². The lowest BCUT2D eigenvalue weighted by Gasteiger charge is -2.16. The molecule has 3 aromatic rings. The van der Waals surface area contributed by atoms with E-state index in [1.807, 2.05) is 0 Å². The van der Waals surface area contributed by atoms with Crippen molar-refractivity contribution < 1.29 is 41.1 Å². The minimum Gasteiger partial charge on any atom is -0.476 e. The number of carboxylic acid groups (broad SMARTS) is 1. The minimum absolute atomic E-state index is 0.0220. The molecule has 10 nitrogen and oxygen atoms in total. The quantitative estimate of drug-likeness (QED) is 0.340. The Morgan fingerprint density at radius 1 is 1.28 bits per heavy atom. The van der Waals surface area contributed by atoms with E-state index in [2.05, 4.69) is 19.8 Å². The standard InChI is InChI=1S/C21H23F3N4O6S2/c1-5-9(2)28-36(32,33)11-7-6-10(13(14(11)22)17(23)24)16-15(20(29)30)26-19(35-16)18-25-12(34-27-18)8-21(3,4)31/h6-7,9,17,28,31H,5,8H2,1-4H3,(H,29,30)/t9-/m1/s1. The predicted molar refractivity (Wildman–Crippen MR) is 123 cm³/mol. The molecule has 0 radical (unpaired) electrons. The van der Waals surface area contributed by atoms with E-state index < -0.39 is 61.6 Å². The summed E-state index contributed by atoms with van der Waals surface area (Å²) in [5.74, 6) is -3.43. The molecule has 15 heteroatoms. The molecule has 0 fully saturated rings. The van der Waals surface area contributed by atoms with E-state index >= 15 is 4.39 Å². The lowest BCUT2D eigenvalue weighted by Crippen LogP contribution is -2.32. The number of nitrogens with zero attached hydrogens (tertiary/aromatic N) is 3. The van der Waals surface area contributed by atoms with Crippen LogP contribution in [0.25, 0.3) is 21.3 Å². The molecule has 0 spiro atoms. The number of alkyl halides is 2. The molecule has 0 saturated heterocycles. The number of thiazole rings is 1. The summed E-state index contributed by atoms with van der Waals surface area (Å²) in [6.45, 7) is 6.22. The molecular formula is C21H23F3N4O6S2. The van der Waals surface area contributed by atoms with Gasteiger partial charge in [-0.05, 0) is 33.3 Å². The number of sulfonamides is 1. The van der Waals surface area contributed by atoms with Crippen molar-refractivity contribution in [2.24, 2.45) is 0 Å². The summed E-state index contributed by atoms with van der Waals surface area (Å²) in [5.41, 5.74) is -3.68. The third-order valence-corrected chi connectivity index (χ3v) is 7.63. The van der Waals surface area contributed by atoms with Crippen molar-refractivity contribution in [2.45, 2.75) is 63.5 Å². The normalized spacial score (nSPS) is 13.4. The molecule has 0 aliphatic heterocycles. The Bertz CT molecular complexity index is 1380. The first-order chi connectivity index (χ1) is 16.6. The molecule has 0 aliphatic rings. The number of hydrogen-bond acceptors (Lipinski definition) is 9. The summed E-state index contributed by atoms with van der Waals surface area (Å²) in [7, 11) is -4.47. The molecule has 3 N–H and O–H groups in total. The average molecular weight is 549 g/mol. The molecule has 0 aliphatic carbocycles. The van der Waals surface area contributed by atoms with Gasteiger partial charge in [-0.25, -0.2) is 36.1 Å². The monoisotopic (exact) mass is 548 g/mol. The molecule has 2 heterocycles. The van der Waals surface area contributed by atoms with E-state index in [4.69, 9.17) is 4.52 Å². The van der Waals surface area contributed by atoms with E-state index in [0.29, 0.717) is 17.8 Å². The van der Waals surface area contributed by atoms with Crippen molar-refractivity contribution in [1.29, 1.82) is 0 Å². The zero-order chi connectivity index (χ0) is 27.0. The number of hydrogen-bond donors (Lipinski definition) is 3. The molecule has 0 unspecified atom stereocenters. The zero-order valence-electron chi connectivity index (χ0n) is 19.5. The van der Waals surface area contributed by atoms with Crippen LogP contribution in [0.15, 0.2) is 21.6 Å². The molecule has 196 valence electrons. The topological polar surface area (TPSA) is 156 Å². The maximum atomic E-state index is 15.2. The first-order valence-electron chi connectivity index (χ1n) is 10.6. The van der Waals surface area contributed by atoms with E-state index in [-0.39, 0.29) is 28.0 Å². The summed E-state index contributed by atoms with van der Waals surface area (Å²) in [5, 5.41) is 23.1. The van der Waals surface area contributed by atoms with E-state index in [1.54, 1.807) is 6.92 Å². The second-order valence-electron chi connectivity index (χ2n) is 8.57. The SMILES string of the molecule is CC[C@@H](C)NS(=O)(=O)c1ccc(-c2sc(-c3noc(CC(C)(C)O)n3)nc2C(=O)O)c(C(F)F)c1F. The molecule has 36 heavy (non-hydrogen) atoms. The zero-order valence-corrected chi connectivity index (χ0v) is 21.2. The number of aromatic nitrogens is 3. The van der Waals surface area contributed by atoms with Gasteiger partial charge in [0.1, 0.15) is 4.90 Å². The third-order valence-electron chi connectivity index (χ3n) is 4.94. The highest BCUT2D eigenvalue weighted by Crippen LogP contribution is 2.41. The fourth-order valence-corrected chi connectivity index (χ4v) is 5.57. The van der Waals surface area contributed by atoms with Crippen LogP contribution in [0.1, 0.15) is 62.5 Å². The maximum absolute atomic E-state index is 15.2. The number of carboxylic acids is 1. The van der Waals surface area contributed by atoms with Gasteiger partial charge in [0.2, 0.25) is 21.7 Å². The third kappa shape index (κ3) is 5.91. The maximum Gasteiger partial charge on any atom is 0.356 e. The van der Waals surface area contributed by atoms with Crippen LogP contribution in [0, 0.1) is 5.82 Å². The van der Waals surface area contributed by atoms with Crippen molar-refractivity contribution in [1.82, 2.24) is 19.8 Å². The van der Waals surface area contributed by atoms with E-state index in [0.717, 1.165) is 12.1 Å². The van der Waals surface area contributed by atoms with Gasteiger partial charge < -0.3 is 14.7 Å². The first kappa shape index (κ1) is 27.7. The van der Waals surface area contributed by atoms with Crippen molar-refractivity contribution in [2.75, 3.05) is 0 Å². The van der Waals surface area contributed by atoms with Gasteiger partial charge in [0, 0.05) is 11.6 Å². The van der Waals surface area contributed by atoms with Crippen molar-refractivity contribution in [3.05, 3.63) is 35.1 Å². The Labute approximate surface area is 208 Å². The Balaban J connectivity index is 2.15. The number of rotatable bonds is 10. The van der Waals surface area contributed by atoms with Gasteiger partial charge in [-0.2, -0.15) is 4.98 Å². The molecule has 0 saturated carbocycles. The fraction of sp³-hybridized carbons (Fsp3) is 0.429. The minimum atomic E-state index is -4.47. The van der Waals surface area contributed by atoms with Crippen molar-refractivity contribution in [3.8, 4) is 21.3 Å². The summed E-state index contributed by atoms with van der Waals surface area (Å²) < 4.78 is 75.6. The lowest BCUT2D eigenvalue weighted by atomic mass is 10.0. The van der Waals surface area contributed by atoms with Crippen LogP contribution < -0.4 is 4.72 Å². The molecule has 1 atom stereocenters. The van der Waals surface area contributed by atoms with Gasteiger partial charge in [0.15, 0.2) is 16.5 Å². The highest BCUT2D eigenvalue weighted by Gasteiger charge is 2.32. The van der Waals surface area contributed by atoms with Gasteiger partial charge in [-0.15, -0.1) is 11.3 Å². The van der Waals surface area contributed by atoms with Crippen LogP contribution in [0.3, 0.4) is 0 Å². The van der Waals surface area contributed by atoms with Gasteiger partial charge >= 0.3 is 5.97 Å². The van der Waals surface area contributed by atoms with Crippen LogP contribution in [-0.2, 0) is 16.4 Å². The smallest absolute Gasteiger partial charge is 0.356 e. The Hall–Kier alpha value is -2.88. The highest BCUT2D eigenvalue weighted by atomic mass is 32.2. The summed E-state index contributed by atoms with van der Waals surface area (Å²) in [6.07, 6.45) is -3.12. The number of carbonyl (C=O) groups is 1. The van der Waals surface area contributed by atoms with Crippen LogP contribution in [-0.4, -0.2) is 51.4 Å². The van der Waals surface area contributed by atoms with Crippen molar-refractivity contribution >= 4 is 27.3 Å². The van der Waals surface area contributed by atoms with Gasteiger partial charge in [-0.1, -0.05) is 18.1 Å². The molecule has 2 aromatic heterocycles. The van der Waals surface area contributed by atoms with Gasteiger partial charge in [0.25, 0.3) is 6.43 Å². The number of aromatic carboxylic acids is 1. The van der Waals surface area contributed by atoms with Crippen LogP contribution in [0.5, 0.6) is 0 Å². The molecule has 0 bridgehead atoms. The lowest BCUT2D eigenvalue weighted by molar-refractivity contribution is 0.0689. The number of aliphatic hydroxyl groups is 1. The largest absolute Gasteiger partial charge is 0.476 e.